The molecule has 0 saturated heterocycles. The van der Waals surface area contributed by atoms with Gasteiger partial charge in [0.05, 0.1) is 5.69 Å². The molecule has 1 aliphatic rings. The van der Waals surface area contributed by atoms with Gasteiger partial charge in [-0.15, -0.1) is 0 Å². The van der Waals surface area contributed by atoms with E-state index in [0.717, 1.165) is 25.1 Å². The second-order valence-electron chi connectivity index (χ2n) is 3.26. The Morgan fingerprint density at radius 1 is 1.67 bits per heavy atom. The highest BCUT2D eigenvalue weighted by Crippen LogP contribution is 2.47. The molecular weight excluding hydrogens is 152 g/mol. The van der Waals surface area contributed by atoms with E-state index in [0.29, 0.717) is 0 Å². The minimum absolute atomic E-state index is 0.0274. The molecule has 1 fully saturated rings. The van der Waals surface area contributed by atoms with Crippen LogP contribution in [0, 0.1) is 0 Å². The minimum atomic E-state index is -0.0274. The third-order valence-electron chi connectivity index (χ3n) is 2.53. The van der Waals surface area contributed by atoms with Gasteiger partial charge >= 0.3 is 0 Å². The van der Waals surface area contributed by atoms with Gasteiger partial charge in [0.2, 0.25) is 0 Å². The van der Waals surface area contributed by atoms with E-state index in [4.69, 9.17) is 4.74 Å². The molecule has 1 aliphatic carbocycles. The summed E-state index contributed by atoms with van der Waals surface area (Å²) in [6, 6.07) is 2.06. The lowest BCUT2D eigenvalue weighted by Gasteiger charge is -2.08. The Hall–Kier alpha value is -0.830. The second kappa shape index (κ2) is 2.59. The Morgan fingerprint density at radius 3 is 2.83 bits per heavy atom. The first-order valence-corrected chi connectivity index (χ1v) is 4.40. The van der Waals surface area contributed by atoms with Gasteiger partial charge in [0.15, 0.2) is 0 Å². The fraction of sp³-hybridized carbons (Fsp3) is 0.667. The van der Waals surface area contributed by atoms with E-state index in [-0.39, 0.29) is 5.60 Å². The summed E-state index contributed by atoms with van der Waals surface area (Å²) in [6.45, 7) is 3.02. The first-order valence-electron chi connectivity index (χ1n) is 4.40. The Labute approximate surface area is 72.3 Å². The molecule has 0 aromatic carbocycles. The maximum atomic E-state index is 5.42. The third-order valence-corrected chi connectivity index (χ3v) is 2.53. The standard InChI is InChI=1S/C9H14N2O/c1-3-11-7-4-8(10-11)9(12-2)5-6-9/h4,7H,3,5-6H2,1-2H3. The smallest absolute Gasteiger partial charge is 0.112 e. The van der Waals surface area contributed by atoms with Crippen molar-refractivity contribution >= 4 is 0 Å². The number of methoxy groups -OCH3 is 1. The maximum Gasteiger partial charge on any atom is 0.112 e. The molecule has 1 aromatic rings. The van der Waals surface area contributed by atoms with Crippen LogP contribution >= 0.6 is 0 Å². The van der Waals surface area contributed by atoms with Gasteiger partial charge in [-0.25, -0.2) is 0 Å². The highest BCUT2D eigenvalue weighted by atomic mass is 16.5. The van der Waals surface area contributed by atoms with E-state index >= 15 is 0 Å². The van der Waals surface area contributed by atoms with Crippen LogP contribution in [0.3, 0.4) is 0 Å². The van der Waals surface area contributed by atoms with Crippen LogP contribution < -0.4 is 0 Å². The van der Waals surface area contributed by atoms with Gasteiger partial charge in [0.1, 0.15) is 5.60 Å². The minimum Gasteiger partial charge on any atom is -0.372 e. The topological polar surface area (TPSA) is 27.1 Å². The van der Waals surface area contributed by atoms with Gasteiger partial charge in [0.25, 0.3) is 0 Å². The quantitative estimate of drug-likeness (QED) is 0.681. The lowest BCUT2D eigenvalue weighted by atomic mass is 10.2. The zero-order valence-electron chi connectivity index (χ0n) is 7.58. The molecular formula is C9H14N2O. The zero-order valence-corrected chi connectivity index (χ0v) is 7.58. The molecule has 0 amide bonds. The van der Waals surface area contributed by atoms with Crippen molar-refractivity contribution < 1.29 is 4.74 Å². The SMILES string of the molecule is CCn1ccc(C2(OC)CC2)n1. The van der Waals surface area contributed by atoms with Crippen molar-refractivity contribution in [1.29, 1.82) is 0 Å². The fourth-order valence-electron chi connectivity index (χ4n) is 1.46. The van der Waals surface area contributed by atoms with Gasteiger partial charge in [0, 0.05) is 19.9 Å². The lowest BCUT2D eigenvalue weighted by molar-refractivity contribution is 0.0745. The van der Waals surface area contributed by atoms with Crippen molar-refractivity contribution in [1.82, 2.24) is 9.78 Å². The van der Waals surface area contributed by atoms with Gasteiger partial charge in [-0.3, -0.25) is 4.68 Å². The van der Waals surface area contributed by atoms with Gasteiger partial charge in [-0.2, -0.15) is 5.10 Å². The zero-order chi connectivity index (χ0) is 8.60. The summed E-state index contributed by atoms with van der Waals surface area (Å²) in [4.78, 5) is 0. The van der Waals surface area contributed by atoms with E-state index in [9.17, 15) is 0 Å². The monoisotopic (exact) mass is 166 g/mol. The van der Waals surface area contributed by atoms with Crippen LogP contribution in [0.25, 0.3) is 0 Å². The first kappa shape index (κ1) is 7.80. The van der Waals surface area contributed by atoms with Gasteiger partial charge < -0.3 is 4.74 Å². The number of hydrogen-bond acceptors (Lipinski definition) is 2. The normalized spacial score (nSPS) is 19.5. The van der Waals surface area contributed by atoms with Crippen LogP contribution in [0.5, 0.6) is 0 Å². The van der Waals surface area contributed by atoms with Crippen molar-refractivity contribution in [2.24, 2.45) is 0 Å². The molecule has 3 nitrogen and oxygen atoms in total. The molecule has 0 unspecified atom stereocenters. The Balaban J connectivity index is 2.23. The Morgan fingerprint density at radius 2 is 2.42 bits per heavy atom. The van der Waals surface area contributed by atoms with Crippen LogP contribution in [-0.4, -0.2) is 16.9 Å². The molecule has 2 rings (SSSR count). The van der Waals surface area contributed by atoms with Gasteiger partial charge in [-0.1, -0.05) is 0 Å². The number of ether oxygens (including phenoxy) is 1. The highest BCUT2D eigenvalue weighted by molar-refractivity contribution is 5.18. The number of hydrogen-bond donors (Lipinski definition) is 0. The van der Waals surface area contributed by atoms with Crippen molar-refractivity contribution in [2.75, 3.05) is 7.11 Å². The molecule has 1 saturated carbocycles. The third kappa shape index (κ3) is 1.05. The molecule has 12 heavy (non-hydrogen) atoms. The van der Waals surface area contributed by atoms with Crippen LogP contribution in [-0.2, 0) is 16.9 Å². The summed E-state index contributed by atoms with van der Waals surface area (Å²) in [5.74, 6) is 0. The van der Waals surface area contributed by atoms with Crippen molar-refractivity contribution in [3.8, 4) is 0 Å². The number of aryl methyl sites for hydroxylation is 1. The molecule has 3 heteroatoms. The summed E-state index contributed by atoms with van der Waals surface area (Å²) >= 11 is 0. The molecule has 0 radical (unpaired) electrons. The van der Waals surface area contributed by atoms with Crippen molar-refractivity contribution in [2.45, 2.75) is 31.9 Å². The molecule has 1 aromatic heterocycles. The average molecular weight is 166 g/mol. The fourth-order valence-corrected chi connectivity index (χ4v) is 1.46. The Bertz CT molecular complexity index is 276. The average Bonchev–Trinajstić information content (AvgIpc) is 2.77. The molecule has 0 atom stereocenters. The summed E-state index contributed by atoms with van der Waals surface area (Å²) in [5, 5.41) is 4.43. The predicted molar refractivity (Wildman–Crippen MR) is 45.8 cm³/mol. The van der Waals surface area contributed by atoms with E-state index < -0.39 is 0 Å². The van der Waals surface area contributed by atoms with Gasteiger partial charge in [-0.05, 0) is 25.8 Å². The molecule has 66 valence electrons. The van der Waals surface area contributed by atoms with Crippen molar-refractivity contribution in [3.05, 3.63) is 18.0 Å². The van der Waals surface area contributed by atoms with E-state index in [1.807, 2.05) is 10.9 Å². The van der Waals surface area contributed by atoms with E-state index in [2.05, 4.69) is 18.1 Å². The predicted octanol–water partition coefficient (Wildman–Crippen LogP) is 1.54. The van der Waals surface area contributed by atoms with Crippen molar-refractivity contribution in [3.63, 3.8) is 0 Å². The molecule has 1 heterocycles. The van der Waals surface area contributed by atoms with Crippen LogP contribution in [0.4, 0.5) is 0 Å². The first-order chi connectivity index (χ1) is 5.80. The summed E-state index contributed by atoms with van der Waals surface area (Å²) < 4.78 is 7.36. The second-order valence-corrected chi connectivity index (χ2v) is 3.26. The van der Waals surface area contributed by atoms with E-state index in [1.54, 1.807) is 7.11 Å². The summed E-state index contributed by atoms with van der Waals surface area (Å²) in [5.41, 5.74) is 1.06. The number of nitrogens with zero attached hydrogens (tertiary/aromatic N) is 2. The summed E-state index contributed by atoms with van der Waals surface area (Å²) in [6.07, 6.45) is 4.24. The van der Waals surface area contributed by atoms with E-state index in [1.165, 1.54) is 0 Å². The maximum absolute atomic E-state index is 5.42. The molecule has 0 bridgehead atoms. The Kier molecular flexibility index (Phi) is 1.68. The molecule has 0 N–H and O–H groups in total. The van der Waals surface area contributed by atoms with Crippen LogP contribution in [0.1, 0.15) is 25.5 Å². The largest absolute Gasteiger partial charge is 0.372 e. The van der Waals surface area contributed by atoms with Crippen LogP contribution in [0.15, 0.2) is 12.3 Å². The van der Waals surface area contributed by atoms with Crippen LogP contribution in [0.2, 0.25) is 0 Å². The number of aromatic nitrogens is 2. The molecule has 0 aliphatic heterocycles. The highest BCUT2D eigenvalue weighted by Gasteiger charge is 2.46. The molecule has 0 spiro atoms. The summed E-state index contributed by atoms with van der Waals surface area (Å²) in [7, 11) is 1.76. The number of rotatable bonds is 3. The lowest BCUT2D eigenvalue weighted by Crippen LogP contribution is -2.10.